The van der Waals surface area contributed by atoms with Crippen LogP contribution in [0.15, 0.2) is 23.4 Å². The van der Waals surface area contributed by atoms with Gasteiger partial charge in [0.1, 0.15) is 17.5 Å². The summed E-state index contributed by atoms with van der Waals surface area (Å²) in [5.41, 5.74) is 0.358. The Labute approximate surface area is 179 Å². The second-order valence-electron chi connectivity index (χ2n) is 9.51. The van der Waals surface area contributed by atoms with Crippen LogP contribution in [0.4, 0.5) is 14.5 Å². The maximum atomic E-state index is 13.7. The quantitative estimate of drug-likeness (QED) is 0.679. The lowest BCUT2D eigenvalue weighted by Gasteiger charge is -2.56. The molecule has 4 saturated carbocycles. The monoisotopic (exact) mass is 432 g/mol. The van der Waals surface area contributed by atoms with Gasteiger partial charge in [-0.25, -0.2) is 8.78 Å². The first-order valence-electron chi connectivity index (χ1n) is 10.7. The Kier molecular flexibility index (Phi) is 5.08. The molecule has 5 nitrogen and oxygen atoms in total. The van der Waals surface area contributed by atoms with Gasteiger partial charge in [-0.15, -0.1) is 10.2 Å². The number of halogens is 2. The first-order chi connectivity index (χ1) is 14.4. The average molecular weight is 433 g/mol. The molecule has 0 unspecified atom stereocenters. The summed E-state index contributed by atoms with van der Waals surface area (Å²) in [6.07, 6.45) is 9.18. The fourth-order valence-corrected chi connectivity index (χ4v) is 7.10. The molecule has 4 fully saturated rings. The molecular weight excluding hydrogens is 406 g/mol. The fourth-order valence-electron chi connectivity index (χ4n) is 6.37. The minimum Gasteiger partial charge on any atom is -0.323 e. The van der Waals surface area contributed by atoms with Crippen molar-refractivity contribution >= 4 is 23.4 Å². The Morgan fingerprint density at radius 2 is 1.83 bits per heavy atom. The van der Waals surface area contributed by atoms with Gasteiger partial charge >= 0.3 is 0 Å². The molecule has 1 aromatic heterocycles. The lowest BCUT2D eigenvalue weighted by atomic mass is 9.49. The predicted molar refractivity (Wildman–Crippen MR) is 111 cm³/mol. The number of carbonyl (C=O) groups is 1. The van der Waals surface area contributed by atoms with Crippen LogP contribution in [-0.2, 0) is 18.3 Å². The maximum Gasteiger partial charge on any atom is 0.234 e. The van der Waals surface area contributed by atoms with Gasteiger partial charge in [0.15, 0.2) is 5.16 Å². The number of hydrogen-bond donors (Lipinski definition) is 1. The van der Waals surface area contributed by atoms with Gasteiger partial charge in [-0.3, -0.25) is 4.79 Å². The van der Waals surface area contributed by atoms with Crippen LogP contribution in [0.25, 0.3) is 0 Å². The second kappa shape index (κ2) is 7.62. The molecule has 0 aliphatic heterocycles. The van der Waals surface area contributed by atoms with E-state index in [0.717, 1.165) is 42.1 Å². The van der Waals surface area contributed by atoms with Crippen molar-refractivity contribution in [3.05, 3.63) is 35.7 Å². The number of aromatic nitrogens is 3. The minimum atomic E-state index is -0.787. The Bertz CT molecular complexity index is 941. The number of amides is 1. The van der Waals surface area contributed by atoms with Crippen molar-refractivity contribution in [2.24, 2.45) is 30.2 Å². The third kappa shape index (κ3) is 3.86. The van der Waals surface area contributed by atoms with Crippen LogP contribution in [0, 0.1) is 34.8 Å². The van der Waals surface area contributed by atoms with E-state index < -0.39 is 11.6 Å². The van der Waals surface area contributed by atoms with E-state index in [4.69, 9.17) is 0 Å². The van der Waals surface area contributed by atoms with Crippen molar-refractivity contribution in [1.82, 2.24) is 14.8 Å². The molecule has 2 aromatic rings. The third-order valence-electron chi connectivity index (χ3n) is 7.16. The standard InChI is InChI=1S/C22H26F2N4OS/c1-28-19(11-22-8-13-4-14(9-22)6-15(5-13)10-22)26-27-21(28)30-12-20(29)25-18-3-2-16(23)7-17(18)24/h2-3,7,13-15H,4-6,8-12H2,1H3,(H,25,29). The molecule has 0 atom stereocenters. The van der Waals surface area contributed by atoms with Crippen molar-refractivity contribution in [1.29, 1.82) is 0 Å². The van der Waals surface area contributed by atoms with E-state index in [0.29, 0.717) is 10.6 Å². The first-order valence-corrected chi connectivity index (χ1v) is 11.6. The summed E-state index contributed by atoms with van der Waals surface area (Å²) in [6, 6.07) is 3.09. The minimum absolute atomic E-state index is 0.0255. The summed E-state index contributed by atoms with van der Waals surface area (Å²) < 4.78 is 28.7. The molecule has 0 spiro atoms. The second-order valence-corrected chi connectivity index (χ2v) is 10.5. The van der Waals surface area contributed by atoms with Crippen LogP contribution in [0.3, 0.4) is 0 Å². The van der Waals surface area contributed by atoms with Gasteiger partial charge in [0.05, 0.1) is 11.4 Å². The summed E-state index contributed by atoms with van der Waals surface area (Å²) in [6.45, 7) is 0. The molecule has 0 radical (unpaired) electrons. The van der Waals surface area contributed by atoms with Crippen LogP contribution >= 0.6 is 11.8 Å². The molecule has 30 heavy (non-hydrogen) atoms. The lowest BCUT2D eigenvalue weighted by Crippen LogP contribution is -2.47. The van der Waals surface area contributed by atoms with Gasteiger partial charge in [-0.1, -0.05) is 11.8 Å². The number of thioether (sulfide) groups is 1. The summed E-state index contributed by atoms with van der Waals surface area (Å²) in [5, 5.41) is 11.9. The van der Waals surface area contributed by atoms with E-state index in [-0.39, 0.29) is 17.3 Å². The third-order valence-corrected chi connectivity index (χ3v) is 8.18. The highest BCUT2D eigenvalue weighted by Crippen LogP contribution is 2.60. The molecule has 4 aliphatic rings. The maximum absolute atomic E-state index is 13.7. The van der Waals surface area contributed by atoms with E-state index in [2.05, 4.69) is 15.5 Å². The number of rotatable bonds is 6. The Morgan fingerprint density at radius 1 is 1.17 bits per heavy atom. The zero-order valence-electron chi connectivity index (χ0n) is 17.0. The van der Waals surface area contributed by atoms with Crippen LogP contribution in [0.5, 0.6) is 0 Å². The first kappa shape index (κ1) is 20.0. The lowest BCUT2D eigenvalue weighted by molar-refractivity contribution is -0.113. The van der Waals surface area contributed by atoms with E-state index >= 15 is 0 Å². The highest BCUT2D eigenvalue weighted by atomic mass is 32.2. The number of benzene rings is 1. The van der Waals surface area contributed by atoms with Crippen LogP contribution < -0.4 is 5.32 Å². The van der Waals surface area contributed by atoms with Crippen molar-refractivity contribution in [2.45, 2.75) is 50.1 Å². The summed E-state index contributed by atoms with van der Waals surface area (Å²) >= 11 is 1.28. The van der Waals surface area contributed by atoms with E-state index in [1.807, 2.05) is 11.6 Å². The molecule has 0 saturated heterocycles. The SMILES string of the molecule is Cn1c(CC23CC4CC(CC(C4)C2)C3)nnc1SCC(=O)Nc1ccc(F)cc1F. The smallest absolute Gasteiger partial charge is 0.234 e. The normalized spacial score (nSPS) is 29.4. The number of nitrogens with zero attached hydrogens (tertiary/aromatic N) is 3. The molecule has 4 bridgehead atoms. The highest BCUT2D eigenvalue weighted by Gasteiger charge is 2.51. The highest BCUT2D eigenvalue weighted by molar-refractivity contribution is 7.99. The van der Waals surface area contributed by atoms with Gasteiger partial charge in [0, 0.05) is 19.5 Å². The topological polar surface area (TPSA) is 59.8 Å². The molecule has 8 heteroatoms. The summed E-state index contributed by atoms with van der Waals surface area (Å²) in [5.74, 6) is 1.94. The van der Waals surface area contributed by atoms with Crippen LogP contribution in [0.2, 0.25) is 0 Å². The Hall–Kier alpha value is -1.96. The van der Waals surface area contributed by atoms with Crippen molar-refractivity contribution in [2.75, 3.05) is 11.1 Å². The zero-order valence-corrected chi connectivity index (χ0v) is 17.9. The van der Waals surface area contributed by atoms with E-state index in [9.17, 15) is 13.6 Å². The number of hydrogen-bond acceptors (Lipinski definition) is 4. The van der Waals surface area contributed by atoms with Gasteiger partial charge in [-0.2, -0.15) is 0 Å². The van der Waals surface area contributed by atoms with Crippen LogP contribution in [-0.4, -0.2) is 26.4 Å². The Balaban J connectivity index is 1.21. The fraction of sp³-hybridized carbons (Fsp3) is 0.591. The number of anilines is 1. The van der Waals surface area contributed by atoms with Gasteiger partial charge in [0.2, 0.25) is 5.91 Å². The van der Waals surface area contributed by atoms with Gasteiger partial charge in [-0.05, 0) is 73.8 Å². The van der Waals surface area contributed by atoms with Gasteiger partial charge in [0.25, 0.3) is 0 Å². The molecular formula is C22H26F2N4OS. The van der Waals surface area contributed by atoms with E-state index in [1.165, 1.54) is 56.4 Å². The number of carbonyl (C=O) groups excluding carboxylic acids is 1. The molecule has 1 heterocycles. The largest absolute Gasteiger partial charge is 0.323 e. The molecule has 6 rings (SSSR count). The average Bonchev–Trinajstić information content (AvgIpc) is 3.00. The van der Waals surface area contributed by atoms with Crippen molar-refractivity contribution in [3.8, 4) is 0 Å². The zero-order chi connectivity index (χ0) is 20.9. The van der Waals surface area contributed by atoms with Crippen molar-refractivity contribution < 1.29 is 13.6 Å². The number of nitrogens with one attached hydrogen (secondary N) is 1. The van der Waals surface area contributed by atoms with Gasteiger partial charge < -0.3 is 9.88 Å². The molecule has 160 valence electrons. The summed E-state index contributed by atoms with van der Waals surface area (Å²) in [4.78, 5) is 12.2. The van der Waals surface area contributed by atoms with E-state index in [1.54, 1.807) is 0 Å². The Morgan fingerprint density at radius 3 is 2.47 bits per heavy atom. The van der Waals surface area contributed by atoms with Crippen molar-refractivity contribution in [3.63, 3.8) is 0 Å². The predicted octanol–water partition coefficient (Wildman–Crippen LogP) is 4.58. The molecule has 1 amide bonds. The van der Waals surface area contributed by atoms with Crippen LogP contribution in [0.1, 0.15) is 44.3 Å². The molecule has 1 aromatic carbocycles. The molecule has 1 N–H and O–H groups in total. The molecule has 4 aliphatic carbocycles. The summed E-state index contributed by atoms with van der Waals surface area (Å²) in [7, 11) is 1.95.